The van der Waals surface area contributed by atoms with Gasteiger partial charge in [-0.05, 0) is 44.1 Å². The Labute approximate surface area is 212 Å². The smallest absolute Gasteiger partial charge is 0.229 e. The van der Waals surface area contributed by atoms with Crippen molar-refractivity contribution in [3.05, 3.63) is 30.1 Å². The van der Waals surface area contributed by atoms with Crippen LogP contribution in [-0.4, -0.2) is 78.3 Å². The first-order valence-corrected chi connectivity index (χ1v) is 13.3. The zero-order valence-corrected chi connectivity index (χ0v) is 20.9. The molecule has 3 N–H and O–H groups in total. The first-order valence-electron chi connectivity index (χ1n) is 13.3. The predicted octanol–water partition coefficient (Wildman–Crippen LogP) is 2.92. The third-order valence-electron chi connectivity index (χ3n) is 7.01. The van der Waals surface area contributed by atoms with Gasteiger partial charge in [0.2, 0.25) is 17.7 Å². The zero-order chi connectivity index (χ0) is 24.6. The van der Waals surface area contributed by atoms with Crippen molar-refractivity contribution < 1.29 is 14.3 Å². The van der Waals surface area contributed by atoms with Gasteiger partial charge >= 0.3 is 0 Å². The van der Waals surface area contributed by atoms with Crippen molar-refractivity contribution in [1.29, 1.82) is 0 Å². The van der Waals surface area contributed by atoms with Gasteiger partial charge in [-0.3, -0.25) is 9.69 Å². The fourth-order valence-corrected chi connectivity index (χ4v) is 4.38. The summed E-state index contributed by atoms with van der Waals surface area (Å²) < 4.78 is 11.2. The number of morpholine rings is 1. The number of hydrogen-bond acceptors (Lipinski definition) is 9. The minimum atomic E-state index is 0.204. The second kappa shape index (κ2) is 12.3. The van der Waals surface area contributed by atoms with Crippen molar-refractivity contribution in [2.24, 2.45) is 5.92 Å². The fourth-order valence-electron chi connectivity index (χ4n) is 4.38. The number of anilines is 3. The van der Waals surface area contributed by atoms with E-state index in [1.165, 1.54) is 24.8 Å². The number of hydrogen-bond donors (Lipinski definition) is 3. The van der Waals surface area contributed by atoms with Gasteiger partial charge in [0.05, 0.1) is 25.1 Å². The van der Waals surface area contributed by atoms with Crippen molar-refractivity contribution in [3.63, 3.8) is 0 Å². The minimum absolute atomic E-state index is 0.204. The van der Waals surface area contributed by atoms with Gasteiger partial charge in [-0.25, -0.2) is 9.97 Å². The topological polar surface area (TPSA) is 114 Å². The highest BCUT2D eigenvalue weighted by atomic mass is 16.5. The Balaban J connectivity index is 1.09. The summed E-state index contributed by atoms with van der Waals surface area (Å²) in [6, 6.07) is 3.78. The summed E-state index contributed by atoms with van der Waals surface area (Å²) in [7, 11) is 0. The van der Waals surface area contributed by atoms with Crippen LogP contribution in [0.3, 0.4) is 0 Å². The molecule has 1 aliphatic heterocycles. The molecule has 3 heterocycles. The number of pyridine rings is 1. The normalized spacial score (nSPS) is 18.3. The van der Waals surface area contributed by atoms with E-state index in [0.717, 1.165) is 70.2 Å². The van der Waals surface area contributed by atoms with Crippen LogP contribution in [0.2, 0.25) is 0 Å². The lowest BCUT2D eigenvalue weighted by atomic mass is 9.85. The predicted molar refractivity (Wildman–Crippen MR) is 138 cm³/mol. The molecule has 2 aromatic heterocycles. The first kappa shape index (κ1) is 24.7. The number of rotatable bonds is 13. The SMILES string of the molecule is O=C(NCCCNc1nc(Nc2ccc(OCCN3CCOCC3)nc2)ncc1C1CC1)C1CCC1. The Hall–Kier alpha value is -2.98. The lowest BCUT2D eigenvalue weighted by molar-refractivity contribution is -0.127. The Morgan fingerprint density at radius 3 is 2.67 bits per heavy atom. The molecule has 5 rings (SSSR count). The average molecular weight is 496 g/mol. The summed E-state index contributed by atoms with van der Waals surface area (Å²) in [5.74, 6) is 2.98. The van der Waals surface area contributed by atoms with Gasteiger partial charge in [-0.15, -0.1) is 0 Å². The molecule has 3 aliphatic rings. The monoisotopic (exact) mass is 495 g/mol. The van der Waals surface area contributed by atoms with Crippen LogP contribution in [0.1, 0.15) is 50.0 Å². The van der Waals surface area contributed by atoms with Gasteiger partial charge in [0, 0.05) is 56.5 Å². The number of nitrogens with zero attached hydrogens (tertiary/aromatic N) is 4. The van der Waals surface area contributed by atoms with Crippen LogP contribution < -0.4 is 20.7 Å². The summed E-state index contributed by atoms with van der Waals surface area (Å²) in [6.07, 6.45) is 10.1. The van der Waals surface area contributed by atoms with Crippen LogP contribution in [0.5, 0.6) is 5.88 Å². The standard InChI is InChI=1S/C26H37N7O3/c34-25(20-3-1-4-20)28-10-2-9-27-24-22(19-5-6-19)18-30-26(32-24)31-21-7-8-23(29-17-21)36-16-13-33-11-14-35-15-12-33/h7-8,17-20H,1-6,9-16H2,(H,28,34)(H2,27,30,31,32). The highest BCUT2D eigenvalue weighted by Crippen LogP contribution is 2.42. The third kappa shape index (κ3) is 7.04. The molecule has 0 radical (unpaired) electrons. The summed E-state index contributed by atoms with van der Waals surface area (Å²) in [5, 5.41) is 9.76. The molecule has 2 aliphatic carbocycles. The molecule has 10 nitrogen and oxygen atoms in total. The highest BCUT2D eigenvalue weighted by molar-refractivity contribution is 5.79. The Morgan fingerprint density at radius 1 is 1.08 bits per heavy atom. The van der Waals surface area contributed by atoms with Crippen LogP contribution in [0.25, 0.3) is 0 Å². The van der Waals surface area contributed by atoms with Gasteiger partial charge in [-0.2, -0.15) is 4.98 Å². The number of carbonyl (C=O) groups excluding carboxylic acids is 1. The van der Waals surface area contributed by atoms with Gasteiger partial charge in [0.1, 0.15) is 12.4 Å². The van der Waals surface area contributed by atoms with Crippen molar-refractivity contribution in [1.82, 2.24) is 25.2 Å². The first-order chi connectivity index (χ1) is 17.7. The minimum Gasteiger partial charge on any atom is -0.476 e. The summed E-state index contributed by atoms with van der Waals surface area (Å²) >= 11 is 0. The average Bonchev–Trinajstić information content (AvgIpc) is 3.70. The van der Waals surface area contributed by atoms with Crippen molar-refractivity contribution in [2.45, 2.75) is 44.4 Å². The van der Waals surface area contributed by atoms with E-state index in [2.05, 4.69) is 30.8 Å². The van der Waals surface area contributed by atoms with Crippen LogP contribution in [0.15, 0.2) is 24.5 Å². The molecule has 0 bridgehead atoms. The number of carbonyl (C=O) groups is 1. The number of ether oxygens (including phenoxy) is 2. The summed E-state index contributed by atoms with van der Waals surface area (Å²) in [5.41, 5.74) is 1.97. The van der Waals surface area contributed by atoms with Gasteiger partial charge < -0.3 is 25.4 Å². The molecule has 0 aromatic carbocycles. The van der Waals surface area contributed by atoms with E-state index in [4.69, 9.17) is 14.5 Å². The van der Waals surface area contributed by atoms with E-state index >= 15 is 0 Å². The Morgan fingerprint density at radius 2 is 1.94 bits per heavy atom. The number of aromatic nitrogens is 3. The number of amides is 1. The molecule has 194 valence electrons. The summed E-state index contributed by atoms with van der Waals surface area (Å²) in [6.45, 7) is 6.39. The maximum atomic E-state index is 12.0. The molecule has 1 saturated heterocycles. The third-order valence-corrected chi connectivity index (χ3v) is 7.01. The Bertz CT molecular complexity index is 990. The molecule has 0 spiro atoms. The van der Waals surface area contributed by atoms with Crippen LogP contribution in [-0.2, 0) is 9.53 Å². The second-order valence-electron chi connectivity index (χ2n) is 9.78. The van der Waals surface area contributed by atoms with Crippen molar-refractivity contribution >= 4 is 23.4 Å². The summed E-state index contributed by atoms with van der Waals surface area (Å²) in [4.78, 5) is 28.0. The lowest BCUT2D eigenvalue weighted by Gasteiger charge is -2.26. The van der Waals surface area contributed by atoms with Crippen molar-refractivity contribution in [2.75, 3.05) is 63.2 Å². The molecule has 1 amide bonds. The van der Waals surface area contributed by atoms with Crippen LogP contribution in [0.4, 0.5) is 17.5 Å². The quantitative estimate of drug-likeness (QED) is 0.361. The van der Waals surface area contributed by atoms with Gasteiger partial charge in [0.15, 0.2) is 0 Å². The van der Waals surface area contributed by atoms with E-state index in [-0.39, 0.29) is 11.8 Å². The second-order valence-corrected chi connectivity index (χ2v) is 9.78. The molecular weight excluding hydrogens is 458 g/mol. The van der Waals surface area contributed by atoms with Crippen LogP contribution in [0, 0.1) is 5.92 Å². The van der Waals surface area contributed by atoms with E-state index in [1.54, 1.807) is 6.20 Å². The molecule has 36 heavy (non-hydrogen) atoms. The number of nitrogens with one attached hydrogen (secondary N) is 3. The van der Waals surface area contributed by atoms with E-state index < -0.39 is 0 Å². The highest BCUT2D eigenvalue weighted by Gasteiger charge is 2.28. The lowest BCUT2D eigenvalue weighted by Crippen LogP contribution is -2.38. The maximum Gasteiger partial charge on any atom is 0.229 e. The molecule has 0 unspecified atom stereocenters. The molecule has 10 heteroatoms. The van der Waals surface area contributed by atoms with E-state index in [9.17, 15) is 4.79 Å². The fraction of sp³-hybridized carbons (Fsp3) is 0.615. The molecule has 3 fully saturated rings. The largest absolute Gasteiger partial charge is 0.476 e. The zero-order valence-electron chi connectivity index (χ0n) is 20.9. The van der Waals surface area contributed by atoms with Crippen molar-refractivity contribution in [3.8, 4) is 5.88 Å². The Kier molecular flexibility index (Phi) is 8.45. The van der Waals surface area contributed by atoms with Gasteiger partial charge in [-0.1, -0.05) is 6.42 Å². The molecule has 0 atom stereocenters. The maximum absolute atomic E-state index is 12.0. The van der Waals surface area contributed by atoms with Gasteiger partial charge in [0.25, 0.3) is 0 Å². The molecule has 2 aromatic rings. The van der Waals surface area contributed by atoms with Crippen LogP contribution >= 0.6 is 0 Å². The van der Waals surface area contributed by atoms with E-state index in [1.807, 2.05) is 18.3 Å². The molecular formula is C26H37N7O3. The molecule has 2 saturated carbocycles. The van der Waals surface area contributed by atoms with E-state index in [0.29, 0.717) is 30.9 Å².